The molecule has 0 spiro atoms. The number of hydrogen-bond donors (Lipinski definition) is 1. The molecule has 1 heterocycles. The number of fused-ring (bicyclic) bond motifs is 1. The summed E-state index contributed by atoms with van der Waals surface area (Å²) in [5.41, 5.74) is 1.10. The van der Waals surface area contributed by atoms with Crippen molar-refractivity contribution >= 4 is 11.6 Å². The van der Waals surface area contributed by atoms with E-state index in [9.17, 15) is 18.0 Å². The summed E-state index contributed by atoms with van der Waals surface area (Å²) in [6.07, 6.45) is -4.76. The third kappa shape index (κ3) is 3.55. The van der Waals surface area contributed by atoms with Crippen LogP contribution in [0.3, 0.4) is 0 Å². The van der Waals surface area contributed by atoms with Crippen LogP contribution in [0, 0.1) is 0 Å². The first kappa shape index (κ1) is 14.5. The van der Waals surface area contributed by atoms with Gasteiger partial charge in [0.25, 0.3) is 5.91 Å². The smallest absolute Gasteiger partial charge is 0.389 e. The van der Waals surface area contributed by atoms with Gasteiger partial charge in [0.1, 0.15) is 0 Å². The molecule has 1 amide bonds. The molecule has 0 unspecified atom stereocenters. The summed E-state index contributed by atoms with van der Waals surface area (Å²) in [5, 5.41) is 2.62. The van der Waals surface area contributed by atoms with Gasteiger partial charge in [-0.25, -0.2) is 0 Å². The number of carbonyl (C=O) groups excluding carboxylic acids is 1. The minimum Gasteiger partial charge on any atom is -0.493 e. The van der Waals surface area contributed by atoms with Gasteiger partial charge in [-0.3, -0.25) is 4.79 Å². The van der Waals surface area contributed by atoms with Gasteiger partial charge in [0, 0.05) is 6.42 Å². The summed E-state index contributed by atoms with van der Waals surface area (Å²) in [4.78, 5) is 11.3. The van der Waals surface area contributed by atoms with E-state index >= 15 is 0 Å². The number of benzene rings is 1. The zero-order chi connectivity index (χ0) is 14.8. The average molecular weight is 289 g/mol. The highest BCUT2D eigenvalue weighted by atomic mass is 19.4. The molecule has 0 aliphatic carbocycles. The number of ether oxygens (including phenoxy) is 2. The number of aryl methyl sites for hydroxylation is 1. The predicted octanol–water partition coefficient (Wildman–Crippen LogP) is 2.91. The quantitative estimate of drug-likeness (QED) is 0.927. The van der Waals surface area contributed by atoms with Crippen molar-refractivity contribution < 1.29 is 27.4 Å². The largest absolute Gasteiger partial charge is 0.493 e. The Labute approximate surface area is 113 Å². The van der Waals surface area contributed by atoms with Crippen molar-refractivity contribution in [2.45, 2.75) is 25.4 Å². The van der Waals surface area contributed by atoms with Gasteiger partial charge in [0.15, 0.2) is 18.1 Å². The second kappa shape index (κ2) is 5.60. The summed E-state index contributed by atoms with van der Waals surface area (Å²) in [6, 6.07) is 3.25. The Balaban J connectivity index is 2.14. The highest BCUT2D eigenvalue weighted by Gasteiger charge is 2.26. The number of rotatable bonds is 4. The van der Waals surface area contributed by atoms with Gasteiger partial charge in [-0.2, -0.15) is 13.2 Å². The summed E-state index contributed by atoms with van der Waals surface area (Å²) in [5.74, 6) is 0.517. The number of halogens is 3. The van der Waals surface area contributed by atoms with E-state index in [1.165, 1.54) is 7.11 Å². The second-order valence-electron chi connectivity index (χ2n) is 4.48. The van der Waals surface area contributed by atoms with Gasteiger partial charge in [0.05, 0.1) is 12.8 Å². The molecule has 4 nitrogen and oxygen atoms in total. The molecule has 0 atom stereocenters. The average Bonchev–Trinajstić information content (AvgIpc) is 2.35. The number of amides is 1. The van der Waals surface area contributed by atoms with Crippen LogP contribution in [0.15, 0.2) is 12.1 Å². The molecule has 1 N–H and O–H groups in total. The van der Waals surface area contributed by atoms with Gasteiger partial charge in [-0.05, 0) is 30.5 Å². The lowest BCUT2D eigenvalue weighted by atomic mass is 10.1. The standard InChI is InChI=1S/C13H14F3NO3/c1-19-10-6-8(3-2-4-13(14,15)16)5-9-12(10)20-7-11(18)17-9/h5-6H,2-4,7H2,1H3,(H,17,18). The van der Waals surface area contributed by atoms with Crippen LogP contribution in [0.1, 0.15) is 18.4 Å². The van der Waals surface area contributed by atoms with Crippen LogP contribution in [-0.4, -0.2) is 25.8 Å². The summed E-state index contributed by atoms with van der Waals surface area (Å²) in [6.45, 7) is -0.100. The molecule has 1 aromatic carbocycles. The van der Waals surface area contributed by atoms with E-state index in [0.717, 1.165) is 0 Å². The maximum absolute atomic E-state index is 12.1. The summed E-state index contributed by atoms with van der Waals surface area (Å²) < 4.78 is 46.8. The van der Waals surface area contributed by atoms with Crippen molar-refractivity contribution in [1.82, 2.24) is 0 Å². The molecule has 0 fully saturated rings. The highest BCUT2D eigenvalue weighted by molar-refractivity contribution is 5.96. The highest BCUT2D eigenvalue weighted by Crippen LogP contribution is 2.39. The molecule has 0 bridgehead atoms. The van der Waals surface area contributed by atoms with Crippen molar-refractivity contribution in [3.63, 3.8) is 0 Å². The molecule has 1 aliphatic rings. The first-order chi connectivity index (χ1) is 9.39. The third-order valence-electron chi connectivity index (χ3n) is 2.88. The Morgan fingerprint density at radius 2 is 2.15 bits per heavy atom. The van der Waals surface area contributed by atoms with Crippen LogP contribution in [0.5, 0.6) is 11.5 Å². The fourth-order valence-corrected chi connectivity index (χ4v) is 2.01. The molecule has 0 saturated heterocycles. The fourth-order valence-electron chi connectivity index (χ4n) is 2.01. The Kier molecular flexibility index (Phi) is 4.06. The lowest BCUT2D eigenvalue weighted by Gasteiger charge is -2.21. The van der Waals surface area contributed by atoms with Crippen LogP contribution in [0.25, 0.3) is 0 Å². The second-order valence-corrected chi connectivity index (χ2v) is 4.48. The minimum atomic E-state index is -4.16. The lowest BCUT2D eigenvalue weighted by molar-refractivity contribution is -0.135. The van der Waals surface area contributed by atoms with Crippen molar-refractivity contribution in [3.05, 3.63) is 17.7 Å². The van der Waals surface area contributed by atoms with E-state index in [0.29, 0.717) is 22.7 Å². The van der Waals surface area contributed by atoms with Crippen molar-refractivity contribution in [2.75, 3.05) is 19.0 Å². The number of carbonyl (C=O) groups is 1. The molecule has 1 aromatic rings. The van der Waals surface area contributed by atoms with Gasteiger partial charge in [0.2, 0.25) is 0 Å². The zero-order valence-electron chi connectivity index (χ0n) is 10.8. The normalized spacial score (nSPS) is 14.3. The molecule has 0 saturated carbocycles. The van der Waals surface area contributed by atoms with E-state index in [2.05, 4.69) is 5.32 Å². The summed E-state index contributed by atoms with van der Waals surface area (Å²) in [7, 11) is 1.44. The Morgan fingerprint density at radius 3 is 2.80 bits per heavy atom. The molecule has 2 rings (SSSR count). The first-order valence-corrected chi connectivity index (χ1v) is 6.09. The Morgan fingerprint density at radius 1 is 1.40 bits per heavy atom. The Hall–Kier alpha value is -1.92. The lowest BCUT2D eigenvalue weighted by Crippen LogP contribution is -2.25. The zero-order valence-corrected chi connectivity index (χ0v) is 10.8. The number of hydrogen-bond acceptors (Lipinski definition) is 3. The molecule has 1 aliphatic heterocycles. The maximum atomic E-state index is 12.1. The molecule has 110 valence electrons. The third-order valence-corrected chi connectivity index (χ3v) is 2.88. The van der Waals surface area contributed by atoms with Gasteiger partial charge in [-0.15, -0.1) is 0 Å². The monoisotopic (exact) mass is 289 g/mol. The predicted molar refractivity (Wildman–Crippen MR) is 66.1 cm³/mol. The molecular formula is C13H14F3NO3. The first-order valence-electron chi connectivity index (χ1n) is 6.09. The van der Waals surface area contributed by atoms with Gasteiger partial charge in [-0.1, -0.05) is 0 Å². The molecule has 20 heavy (non-hydrogen) atoms. The van der Waals surface area contributed by atoms with Crippen LogP contribution >= 0.6 is 0 Å². The number of anilines is 1. The van der Waals surface area contributed by atoms with Gasteiger partial charge >= 0.3 is 6.18 Å². The topological polar surface area (TPSA) is 47.6 Å². The van der Waals surface area contributed by atoms with E-state index in [1.807, 2.05) is 0 Å². The van der Waals surface area contributed by atoms with E-state index < -0.39 is 12.6 Å². The molecule has 0 aromatic heterocycles. The number of methoxy groups -OCH3 is 1. The van der Waals surface area contributed by atoms with Crippen molar-refractivity contribution in [3.8, 4) is 11.5 Å². The fraction of sp³-hybridized carbons (Fsp3) is 0.462. The SMILES string of the molecule is COc1cc(CCCC(F)(F)F)cc2c1OCC(=O)N2. The van der Waals surface area contributed by atoms with Crippen LogP contribution < -0.4 is 14.8 Å². The van der Waals surface area contributed by atoms with Crippen molar-refractivity contribution in [1.29, 1.82) is 0 Å². The number of nitrogens with one attached hydrogen (secondary N) is 1. The molecule has 7 heteroatoms. The van der Waals surface area contributed by atoms with E-state index in [-0.39, 0.29) is 25.4 Å². The van der Waals surface area contributed by atoms with Crippen LogP contribution in [0.2, 0.25) is 0 Å². The van der Waals surface area contributed by atoms with E-state index in [1.54, 1.807) is 12.1 Å². The minimum absolute atomic E-state index is 0.0136. The van der Waals surface area contributed by atoms with Crippen molar-refractivity contribution in [2.24, 2.45) is 0 Å². The van der Waals surface area contributed by atoms with Crippen LogP contribution in [-0.2, 0) is 11.2 Å². The van der Waals surface area contributed by atoms with Gasteiger partial charge < -0.3 is 14.8 Å². The molecule has 0 radical (unpaired) electrons. The molecular weight excluding hydrogens is 275 g/mol. The van der Waals surface area contributed by atoms with Crippen LogP contribution in [0.4, 0.5) is 18.9 Å². The number of alkyl halides is 3. The van der Waals surface area contributed by atoms with E-state index in [4.69, 9.17) is 9.47 Å². The maximum Gasteiger partial charge on any atom is 0.389 e. The Bertz CT molecular complexity index is 514. The summed E-state index contributed by atoms with van der Waals surface area (Å²) >= 11 is 0.